The highest BCUT2D eigenvalue weighted by molar-refractivity contribution is 5.92. The second-order valence-electron chi connectivity index (χ2n) is 5.35. The van der Waals surface area contributed by atoms with Gasteiger partial charge in [0.1, 0.15) is 0 Å². The minimum atomic E-state index is -0.0151. The molecule has 1 unspecified atom stereocenters. The number of carbonyl (C=O) groups is 1. The van der Waals surface area contributed by atoms with Crippen molar-refractivity contribution in [3.05, 3.63) is 42.2 Å². The molecule has 0 spiro atoms. The minimum absolute atomic E-state index is 0.0151. The van der Waals surface area contributed by atoms with E-state index >= 15 is 0 Å². The van der Waals surface area contributed by atoms with Crippen LogP contribution in [0.25, 0.3) is 5.69 Å². The summed E-state index contributed by atoms with van der Waals surface area (Å²) in [6.45, 7) is 3.82. The molecule has 1 fully saturated rings. The number of para-hydroxylation sites is 1. The summed E-state index contributed by atoms with van der Waals surface area (Å²) in [6, 6.07) is 9.61. The molecule has 3 rings (SSSR count). The van der Waals surface area contributed by atoms with Crippen molar-refractivity contribution in [2.45, 2.75) is 19.8 Å². The zero-order valence-electron chi connectivity index (χ0n) is 11.6. The van der Waals surface area contributed by atoms with Gasteiger partial charge in [-0.15, -0.1) is 5.10 Å². The summed E-state index contributed by atoms with van der Waals surface area (Å²) in [5, 5.41) is 8.47. The van der Waals surface area contributed by atoms with E-state index in [0.717, 1.165) is 25.2 Å². The standard InChI is InChI=1S/C15H18N4O/c1-12-6-5-9-18(11-12)15(20)14-10-16-19(17-14)13-7-3-2-4-8-13/h2-4,7-8,10,12H,5-6,9,11H2,1H3. The largest absolute Gasteiger partial charge is 0.337 e. The Balaban J connectivity index is 1.78. The van der Waals surface area contributed by atoms with E-state index < -0.39 is 0 Å². The van der Waals surface area contributed by atoms with Crippen LogP contribution in [0.15, 0.2) is 36.5 Å². The van der Waals surface area contributed by atoms with Gasteiger partial charge in [0.05, 0.1) is 11.9 Å². The number of hydrogen-bond acceptors (Lipinski definition) is 3. The summed E-state index contributed by atoms with van der Waals surface area (Å²) < 4.78 is 0. The lowest BCUT2D eigenvalue weighted by atomic mass is 10.0. The Morgan fingerprint density at radius 3 is 2.85 bits per heavy atom. The van der Waals surface area contributed by atoms with Gasteiger partial charge in [-0.3, -0.25) is 4.79 Å². The lowest BCUT2D eigenvalue weighted by Crippen LogP contribution is -2.39. The number of hydrogen-bond donors (Lipinski definition) is 0. The number of carbonyl (C=O) groups excluding carboxylic acids is 1. The minimum Gasteiger partial charge on any atom is -0.337 e. The summed E-state index contributed by atoms with van der Waals surface area (Å²) in [5.41, 5.74) is 1.28. The molecule has 5 heteroatoms. The molecule has 0 radical (unpaired) electrons. The number of likely N-dealkylation sites (tertiary alicyclic amines) is 1. The predicted molar refractivity (Wildman–Crippen MR) is 75.7 cm³/mol. The molecule has 2 heterocycles. The first-order valence-electron chi connectivity index (χ1n) is 7.01. The first kappa shape index (κ1) is 12.8. The van der Waals surface area contributed by atoms with Gasteiger partial charge in [-0.2, -0.15) is 9.90 Å². The highest BCUT2D eigenvalue weighted by atomic mass is 16.2. The molecule has 5 nitrogen and oxygen atoms in total. The highest BCUT2D eigenvalue weighted by Crippen LogP contribution is 2.17. The highest BCUT2D eigenvalue weighted by Gasteiger charge is 2.24. The molecule has 20 heavy (non-hydrogen) atoms. The van der Waals surface area contributed by atoms with Gasteiger partial charge in [-0.1, -0.05) is 25.1 Å². The number of piperidine rings is 1. The summed E-state index contributed by atoms with van der Waals surface area (Å²) >= 11 is 0. The van der Waals surface area contributed by atoms with Crippen molar-refractivity contribution in [3.8, 4) is 5.69 Å². The quantitative estimate of drug-likeness (QED) is 0.840. The molecule has 0 bridgehead atoms. The van der Waals surface area contributed by atoms with E-state index in [9.17, 15) is 4.79 Å². The fourth-order valence-corrected chi connectivity index (χ4v) is 2.58. The van der Waals surface area contributed by atoms with Gasteiger partial charge < -0.3 is 4.90 Å². The number of benzene rings is 1. The molecule has 1 amide bonds. The number of amides is 1. The molecule has 1 aromatic carbocycles. The Hall–Kier alpha value is -2.17. The molecule has 0 N–H and O–H groups in total. The molecule has 2 aromatic rings. The molecular formula is C15H18N4O. The van der Waals surface area contributed by atoms with Crippen LogP contribution in [0, 0.1) is 5.92 Å². The molecule has 1 saturated heterocycles. The van der Waals surface area contributed by atoms with E-state index in [1.54, 1.807) is 6.20 Å². The fourth-order valence-electron chi connectivity index (χ4n) is 2.58. The molecule has 0 saturated carbocycles. The summed E-state index contributed by atoms with van der Waals surface area (Å²) in [4.78, 5) is 15.8. The van der Waals surface area contributed by atoms with E-state index in [0.29, 0.717) is 11.6 Å². The van der Waals surface area contributed by atoms with E-state index in [1.807, 2.05) is 35.2 Å². The zero-order valence-corrected chi connectivity index (χ0v) is 11.6. The number of nitrogens with zero attached hydrogens (tertiary/aromatic N) is 4. The van der Waals surface area contributed by atoms with Crippen LogP contribution >= 0.6 is 0 Å². The van der Waals surface area contributed by atoms with Gasteiger partial charge in [0, 0.05) is 13.1 Å². The van der Waals surface area contributed by atoms with Crippen molar-refractivity contribution in [3.63, 3.8) is 0 Å². The number of aromatic nitrogens is 3. The second-order valence-corrected chi connectivity index (χ2v) is 5.35. The van der Waals surface area contributed by atoms with Crippen LogP contribution in [0.2, 0.25) is 0 Å². The smallest absolute Gasteiger partial charge is 0.276 e. The van der Waals surface area contributed by atoms with Gasteiger partial charge in [0.2, 0.25) is 0 Å². The SMILES string of the molecule is CC1CCCN(C(=O)c2cnn(-c3ccccc3)n2)C1. The molecule has 1 aliphatic heterocycles. The molecule has 0 aliphatic carbocycles. The molecular weight excluding hydrogens is 252 g/mol. The maximum Gasteiger partial charge on any atom is 0.276 e. The van der Waals surface area contributed by atoms with Gasteiger partial charge >= 0.3 is 0 Å². The summed E-state index contributed by atoms with van der Waals surface area (Å²) in [7, 11) is 0. The third kappa shape index (κ3) is 2.57. The lowest BCUT2D eigenvalue weighted by molar-refractivity contribution is 0.0676. The fraction of sp³-hybridized carbons (Fsp3) is 0.400. The Morgan fingerprint density at radius 1 is 1.30 bits per heavy atom. The van der Waals surface area contributed by atoms with Crippen molar-refractivity contribution >= 4 is 5.91 Å². The van der Waals surface area contributed by atoms with Crippen molar-refractivity contribution in [1.82, 2.24) is 19.9 Å². The van der Waals surface area contributed by atoms with Crippen LogP contribution in [-0.4, -0.2) is 38.9 Å². The van der Waals surface area contributed by atoms with Crippen LogP contribution in [0.1, 0.15) is 30.3 Å². The maximum atomic E-state index is 12.4. The van der Waals surface area contributed by atoms with E-state index in [2.05, 4.69) is 17.1 Å². The topological polar surface area (TPSA) is 51.0 Å². The van der Waals surface area contributed by atoms with E-state index in [4.69, 9.17) is 0 Å². The Bertz CT molecular complexity index is 593. The van der Waals surface area contributed by atoms with Gasteiger partial charge in [-0.05, 0) is 30.9 Å². The molecule has 1 aromatic heterocycles. The Kier molecular flexibility index (Phi) is 3.50. The third-order valence-electron chi connectivity index (χ3n) is 3.64. The second kappa shape index (κ2) is 5.45. The van der Waals surface area contributed by atoms with Crippen molar-refractivity contribution < 1.29 is 4.79 Å². The van der Waals surface area contributed by atoms with Gasteiger partial charge in [-0.25, -0.2) is 0 Å². The normalized spacial score (nSPS) is 19.1. The van der Waals surface area contributed by atoms with Gasteiger partial charge in [0.15, 0.2) is 5.69 Å². The van der Waals surface area contributed by atoms with Crippen LogP contribution in [0.4, 0.5) is 0 Å². The van der Waals surface area contributed by atoms with Crippen molar-refractivity contribution in [2.75, 3.05) is 13.1 Å². The average molecular weight is 270 g/mol. The monoisotopic (exact) mass is 270 g/mol. The van der Waals surface area contributed by atoms with Crippen LogP contribution in [-0.2, 0) is 0 Å². The summed E-state index contributed by atoms with van der Waals surface area (Å²) in [6.07, 6.45) is 3.81. The number of rotatable bonds is 2. The summed E-state index contributed by atoms with van der Waals surface area (Å²) in [5.74, 6) is 0.551. The predicted octanol–water partition coefficient (Wildman–Crippen LogP) is 2.14. The average Bonchev–Trinajstić information content (AvgIpc) is 2.97. The Labute approximate surface area is 118 Å². The van der Waals surface area contributed by atoms with Crippen molar-refractivity contribution in [2.24, 2.45) is 5.92 Å². The van der Waals surface area contributed by atoms with E-state index in [1.165, 1.54) is 11.2 Å². The van der Waals surface area contributed by atoms with Crippen LogP contribution in [0.3, 0.4) is 0 Å². The Morgan fingerprint density at radius 2 is 2.10 bits per heavy atom. The molecule has 104 valence electrons. The molecule has 1 aliphatic rings. The first-order chi connectivity index (χ1) is 9.74. The maximum absolute atomic E-state index is 12.4. The van der Waals surface area contributed by atoms with Crippen LogP contribution < -0.4 is 0 Å². The van der Waals surface area contributed by atoms with Crippen molar-refractivity contribution in [1.29, 1.82) is 0 Å². The lowest BCUT2D eigenvalue weighted by Gasteiger charge is -2.30. The van der Waals surface area contributed by atoms with Gasteiger partial charge in [0.25, 0.3) is 5.91 Å². The van der Waals surface area contributed by atoms with Crippen LogP contribution in [0.5, 0.6) is 0 Å². The van der Waals surface area contributed by atoms with E-state index in [-0.39, 0.29) is 5.91 Å². The molecule has 1 atom stereocenters. The third-order valence-corrected chi connectivity index (χ3v) is 3.64. The first-order valence-corrected chi connectivity index (χ1v) is 7.01. The zero-order chi connectivity index (χ0) is 13.9.